The van der Waals surface area contributed by atoms with Gasteiger partial charge in [0.05, 0.1) is 6.54 Å². The van der Waals surface area contributed by atoms with Crippen LogP contribution in [0.5, 0.6) is 5.75 Å². The van der Waals surface area contributed by atoms with Gasteiger partial charge in [-0.05, 0) is 19.1 Å². The summed E-state index contributed by atoms with van der Waals surface area (Å²) in [4.78, 5) is 10.8. The van der Waals surface area contributed by atoms with Gasteiger partial charge in [-0.2, -0.15) is 0 Å². The number of hydrogen-bond donors (Lipinski definition) is 1. The highest BCUT2D eigenvalue weighted by Crippen LogP contribution is 2.21. The third-order valence-electron chi connectivity index (χ3n) is 2.78. The second kappa shape index (κ2) is 6.29. The molecule has 0 bridgehead atoms. The van der Waals surface area contributed by atoms with E-state index in [2.05, 4.69) is 10.3 Å². The van der Waals surface area contributed by atoms with Gasteiger partial charge in [0, 0.05) is 0 Å². The topological polar surface area (TPSA) is 77.2 Å². The number of ether oxygens (including phenoxy) is 1. The summed E-state index contributed by atoms with van der Waals surface area (Å²) in [5, 5.41) is 15.5. The van der Waals surface area contributed by atoms with Crippen molar-refractivity contribution in [1.82, 2.24) is 15.0 Å². The number of aromatic nitrogens is 3. The van der Waals surface area contributed by atoms with E-state index >= 15 is 0 Å². The first-order chi connectivity index (χ1) is 9.99. The fourth-order valence-corrected chi connectivity index (χ4v) is 1.74. The normalized spacial score (nSPS) is 10.9. The number of carboxylic acids is 1. The fourth-order valence-electron chi connectivity index (χ4n) is 1.74. The van der Waals surface area contributed by atoms with E-state index in [9.17, 15) is 13.6 Å². The number of aromatic carboxylic acids is 1. The van der Waals surface area contributed by atoms with Gasteiger partial charge in [-0.3, -0.25) is 0 Å². The molecule has 0 fully saturated rings. The maximum absolute atomic E-state index is 12.9. The zero-order valence-electron chi connectivity index (χ0n) is 11.2. The Bertz CT molecular complexity index is 626. The standard InChI is InChI=1S/C13H13F2N3O3/c1-8-2-4-9(5-3-8)21-7-6-18-11(12(14)15)10(13(19)20)16-17-18/h2-5,12H,6-7H2,1H3,(H,19,20). The fraction of sp³-hybridized carbons (Fsp3) is 0.308. The smallest absolute Gasteiger partial charge is 0.358 e. The highest BCUT2D eigenvalue weighted by atomic mass is 19.3. The van der Waals surface area contributed by atoms with Crippen molar-refractivity contribution in [1.29, 1.82) is 0 Å². The van der Waals surface area contributed by atoms with E-state index < -0.39 is 23.8 Å². The number of aryl methyl sites for hydroxylation is 1. The Labute approximate surface area is 119 Å². The van der Waals surface area contributed by atoms with Crippen molar-refractivity contribution in [2.75, 3.05) is 6.61 Å². The lowest BCUT2D eigenvalue weighted by Crippen LogP contribution is -2.14. The average Bonchev–Trinajstić information content (AvgIpc) is 2.85. The first kappa shape index (κ1) is 14.9. The molecule has 1 aromatic carbocycles. The minimum absolute atomic E-state index is 0.0200. The Morgan fingerprint density at radius 2 is 2.05 bits per heavy atom. The molecule has 0 spiro atoms. The zero-order chi connectivity index (χ0) is 15.4. The molecular formula is C13H13F2N3O3. The van der Waals surface area contributed by atoms with Gasteiger partial charge in [-0.1, -0.05) is 22.9 Å². The van der Waals surface area contributed by atoms with Crippen LogP contribution in [0.2, 0.25) is 0 Å². The molecule has 0 amide bonds. The monoisotopic (exact) mass is 297 g/mol. The quantitative estimate of drug-likeness (QED) is 0.885. The van der Waals surface area contributed by atoms with Crippen molar-refractivity contribution < 1.29 is 23.4 Å². The molecule has 0 aliphatic rings. The summed E-state index contributed by atoms with van der Waals surface area (Å²) in [7, 11) is 0. The van der Waals surface area contributed by atoms with E-state index in [4.69, 9.17) is 9.84 Å². The number of rotatable bonds is 6. The molecule has 0 atom stereocenters. The van der Waals surface area contributed by atoms with Crippen molar-refractivity contribution in [3.8, 4) is 5.75 Å². The van der Waals surface area contributed by atoms with Gasteiger partial charge in [-0.25, -0.2) is 18.3 Å². The maximum atomic E-state index is 12.9. The lowest BCUT2D eigenvalue weighted by atomic mass is 10.2. The molecule has 0 radical (unpaired) electrons. The molecule has 112 valence electrons. The molecule has 2 aromatic rings. The van der Waals surface area contributed by atoms with Crippen LogP contribution in [0.3, 0.4) is 0 Å². The summed E-state index contributed by atoms with van der Waals surface area (Å²) >= 11 is 0. The van der Waals surface area contributed by atoms with E-state index in [-0.39, 0.29) is 13.2 Å². The summed E-state index contributed by atoms with van der Waals surface area (Å²) in [5.74, 6) is -0.936. The van der Waals surface area contributed by atoms with Crippen molar-refractivity contribution >= 4 is 5.97 Å². The van der Waals surface area contributed by atoms with Gasteiger partial charge in [0.15, 0.2) is 5.69 Å². The van der Waals surface area contributed by atoms with Crippen LogP contribution in [0.25, 0.3) is 0 Å². The first-order valence-corrected chi connectivity index (χ1v) is 6.13. The molecular weight excluding hydrogens is 284 g/mol. The number of hydrogen-bond acceptors (Lipinski definition) is 4. The van der Waals surface area contributed by atoms with Crippen LogP contribution < -0.4 is 4.74 Å². The number of nitrogens with zero attached hydrogens (tertiary/aromatic N) is 3. The van der Waals surface area contributed by atoms with Gasteiger partial charge in [0.25, 0.3) is 6.43 Å². The van der Waals surface area contributed by atoms with E-state index in [1.54, 1.807) is 12.1 Å². The van der Waals surface area contributed by atoms with Crippen molar-refractivity contribution in [3.63, 3.8) is 0 Å². The zero-order valence-corrected chi connectivity index (χ0v) is 11.2. The van der Waals surface area contributed by atoms with Crippen LogP contribution in [0.1, 0.15) is 28.2 Å². The van der Waals surface area contributed by atoms with Gasteiger partial charge >= 0.3 is 5.97 Å². The van der Waals surface area contributed by atoms with E-state index in [0.29, 0.717) is 5.75 Å². The Hall–Kier alpha value is -2.51. The molecule has 0 aliphatic heterocycles. The molecule has 1 aromatic heterocycles. The number of halogens is 2. The van der Waals surface area contributed by atoms with Crippen LogP contribution in [0, 0.1) is 6.92 Å². The minimum atomic E-state index is -2.97. The largest absolute Gasteiger partial charge is 0.492 e. The van der Waals surface area contributed by atoms with Crippen molar-refractivity contribution in [2.24, 2.45) is 0 Å². The van der Waals surface area contributed by atoms with Crippen LogP contribution in [-0.4, -0.2) is 32.7 Å². The molecule has 0 unspecified atom stereocenters. The molecule has 2 rings (SSSR count). The predicted octanol–water partition coefficient (Wildman–Crippen LogP) is 2.30. The number of benzene rings is 1. The summed E-state index contributed by atoms with van der Waals surface area (Å²) in [6.07, 6.45) is -2.97. The summed E-state index contributed by atoms with van der Waals surface area (Å²) in [5.41, 5.74) is -0.375. The Balaban J connectivity index is 2.03. The minimum Gasteiger partial charge on any atom is -0.492 e. The Morgan fingerprint density at radius 1 is 1.38 bits per heavy atom. The van der Waals surface area contributed by atoms with E-state index in [0.717, 1.165) is 10.2 Å². The first-order valence-electron chi connectivity index (χ1n) is 6.13. The molecule has 0 aliphatic carbocycles. The van der Waals surface area contributed by atoms with Crippen LogP contribution >= 0.6 is 0 Å². The Morgan fingerprint density at radius 3 is 2.62 bits per heavy atom. The molecule has 0 saturated heterocycles. The molecule has 1 heterocycles. The second-order valence-corrected chi connectivity index (χ2v) is 4.31. The number of carboxylic acid groups (broad SMARTS) is 1. The molecule has 21 heavy (non-hydrogen) atoms. The highest BCUT2D eigenvalue weighted by Gasteiger charge is 2.26. The van der Waals surface area contributed by atoms with Gasteiger partial charge in [0.1, 0.15) is 18.1 Å². The summed E-state index contributed by atoms with van der Waals surface area (Å²) in [6, 6.07) is 7.23. The summed E-state index contributed by atoms with van der Waals surface area (Å²) < 4.78 is 32.0. The Kier molecular flexibility index (Phi) is 4.46. The van der Waals surface area contributed by atoms with Crippen LogP contribution in [0.4, 0.5) is 8.78 Å². The SMILES string of the molecule is Cc1ccc(OCCn2nnc(C(=O)O)c2C(F)F)cc1. The lowest BCUT2D eigenvalue weighted by molar-refractivity contribution is 0.0675. The average molecular weight is 297 g/mol. The number of alkyl halides is 2. The van der Waals surface area contributed by atoms with Crippen LogP contribution in [-0.2, 0) is 6.54 Å². The molecule has 6 nitrogen and oxygen atoms in total. The highest BCUT2D eigenvalue weighted by molar-refractivity contribution is 5.86. The van der Waals surface area contributed by atoms with Gasteiger partial charge in [-0.15, -0.1) is 5.10 Å². The van der Waals surface area contributed by atoms with E-state index in [1.807, 2.05) is 19.1 Å². The maximum Gasteiger partial charge on any atom is 0.358 e. The third kappa shape index (κ3) is 3.53. The van der Waals surface area contributed by atoms with Gasteiger partial charge < -0.3 is 9.84 Å². The van der Waals surface area contributed by atoms with E-state index in [1.165, 1.54) is 0 Å². The molecule has 0 saturated carbocycles. The van der Waals surface area contributed by atoms with Crippen molar-refractivity contribution in [3.05, 3.63) is 41.2 Å². The van der Waals surface area contributed by atoms with Crippen LogP contribution in [0.15, 0.2) is 24.3 Å². The van der Waals surface area contributed by atoms with Gasteiger partial charge in [0.2, 0.25) is 0 Å². The summed E-state index contributed by atoms with van der Waals surface area (Å²) in [6.45, 7) is 1.99. The molecule has 1 N–H and O–H groups in total. The third-order valence-corrected chi connectivity index (χ3v) is 2.78. The second-order valence-electron chi connectivity index (χ2n) is 4.31. The lowest BCUT2D eigenvalue weighted by Gasteiger charge is -2.08. The molecule has 8 heteroatoms. The predicted molar refractivity (Wildman–Crippen MR) is 68.6 cm³/mol. The number of carbonyl (C=O) groups is 1. The van der Waals surface area contributed by atoms with Crippen molar-refractivity contribution in [2.45, 2.75) is 19.9 Å².